The number of nitrogens with zero attached hydrogens (tertiary/aromatic N) is 3. The molecule has 2 heterocycles. The third-order valence-corrected chi connectivity index (χ3v) is 7.59. The summed E-state index contributed by atoms with van der Waals surface area (Å²) in [6, 6.07) is 16.3. The molecule has 2 aromatic carbocycles. The lowest BCUT2D eigenvalue weighted by atomic mass is 10.1. The van der Waals surface area contributed by atoms with Gasteiger partial charge in [-0.1, -0.05) is 62.4 Å². The molecule has 4 rings (SSSR count). The molecule has 13 nitrogen and oxygen atoms in total. The van der Waals surface area contributed by atoms with Crippen LogP contribution in [-0.2, 0) is 52.8 Å². The van der Waals surface area contributed by atoms with Gasteiger partial charge in [0.15, 0.2) is 5.82 Å². The van der Waals surface area contributed by atoms with Crippen LogP contribution in [0.3, 0.4) is 0 Å². The predicted molar refractivity (Wildman–Crippen MR) is 188 cm³/mol. The summed E-state index contributed by atoms with van der Waals surface area (Å²) in [5.41, 5.74) is 11.7. The Morgan fingerprint density at radius 2 is 1.57 bits per heavy atom. The topological polar surface area (TPSA) is 161 Å². The Labute approximate surface area is 287 Å². The van der Waals surface area contributed by atoms with E-state index in [-0.39, 0.29) is 25.7 Å². The molecule has 0 radical (unpaired) electrons. The maximum atomic E-state index is 12.4. The zero-order valence-corrected chi connectivity index (χ0v) is 28.3. The van der Waals surface area contributed by atoms with Crippen LogP contribution in [-0.4, -0.2) is 92.9 Å². The molecule has 0 unspecified atom stereocenters. The van der Waals surface area contributed by atoms with Gasteiger partial charge in [-0.3, -0.25) is 9.59 Å². The first-order chi connectivity index (χ1) is 24.0. The molecule has 1 amide bonds. The Morgan fingerprint density at radius 3 is 2.31 bits per heavy atom. The van der Waals surface area contributed by atoms with E-state index in [4.69, 9.17) is 29.7 Å². The number of nitrogen functional groups attached to an aromatic ring is 1. The summed E-state index contributed by atoms with van der Waals surface area (Å²) in [7, 11) is 0. The Kier molecular flexibility index (Phi) is 15.8. The lowest BCUT2D eigenvalue weighted by Crippen LogP contribution is -2.28. The number of hydrogen-bond acceptors (Lipinski definition) is 11. The van der Waals surface area contributed by atoms with Crippen molar-refractivity contribution in [3.8, 4) is 0 Å². The number of benzene rings is 2. The number of nitrogens with two attached hydrogens (primary N) is 1. The first-order valence-corrected chi connectivity index (χ1v) is 16.7. The number of rotatable bonds is 25. The maximum absolute atomic E-state index is 12.4. The highest BCUT2D eigenvalue weighted by Crippen LogP contribution is 2.30. The van der Waals surface area contributed by atoms with Crippen LogP contribution in [0, 0.1) is 0 Å². The van der Waals surface area contributed by atoms with Crippen LogP contribution in [0.2, 0.25) is 0 Å². The van der Waals surface area contributed by atoms with Crippen molar-refractivity contribution < 1.29 is 33.3 Å². The fourth-order valence-corrected chi connectivity index (χ4v) is 5.11. The van der Waals surface area contributed by atoms with Gasteiger partial charge in [0.25, 0.3) is 6.47 Å². The molecule has 0 bridgehead atoms. The minimum absolute atomic E-state index is 0.0688. The van der Waals surface area contributed by atoms with Crippen LogP contribution in [0.25, 0.3) is 21.9 Å². The molecule has 0 fully saturated rings. The second kappa shape index (κ2) is 20.7. The number of carbonyl (C=O) groups is 2. The van der Waals surface area contributed by atoms with Crippen molar-refractivity contribution in [1.29, 1.82) is 0 Å². The Bertz CT molecular complexity index is 1630. The monoisotopic (exact) mass is 676 g/mol. The molecule has 0 atom stereocenters. The quantitative estimate of drug-likeness (QED) is 0.0696. The number of unbranched alkanes of at least 4 members (excludes halogenated alkanes) is 1. The molecule has 0 aliphatic heterocycles. The summed E-state index contributed by atoms with van der Waals surface area (Å²) in [5.74, 6) is 1.25. The Balaban J connectivity index is 1.13. The van der Waals surface area contributed by atoms with Crippen molar-refractivity contribution in [2.75, 3.05) is 71.7 Å². The van der Waals surface area contributed by atoms with Crippen LogP contribution in [0.5, 0.6) is 0 Å². The number of anilines is 1. The van der Waals surface area contributed by atoms with Gasteiger partial charge < -0.3 is 44.6 Å². The first-order valence-electron chi connectivity index (χ1n) is 16.7. The number of ether oxygens (including phenoxy) is 5. The summed E-state index contributed by atoms with van der Waals surface area (Å²) in [5, 5.41) is 7.06. The predicted octanol–water partition coefficient (Wildman–Crippen LogP) is 3.52. The summed E-state index contributed by atoms with van der Waals surface area (Å²) in [6.07, 6.45) is 2.97. The number of imidazole rings is 1. The van der Waals surface area contributed by atoms with Crippen molar-refractivity contribution in [2.24, 2.45) is 0 Å². The van der Waals surface area contributed by atoms with E-state index in [1.54, 1.807) is 0 Å². The highest BCUT2D eigenvalue weighted by atomic mass is 16.6. The lowest BCUT2D eigenvalue weighted by molar-refractivity contribution is -0.130. The molecule has 4 aromatic rings. The molecule has 0 saturated carbocycles. The van der Waals surface area contributed by atoms with Gasteiger partial charge in [-0.25, -0.2) is 9.97 Å². The highest BCUT2D eigenvalue weighted by Gasteiger charge is 2.17. The second-order valence-electron chi connectivity index (χ2n) is 11.3. The van der Waals surface area contributed by atoms with E-state index in [2.05, 4.69) is 56.6 Å². The normalized spacial score (nSPS) is 11.2. The van der Waals surface area contributed by atoms with Gasteiger partial charge >= 0.3 is 0 Å². The van der Waals surface area contributed by atoms with Crippen LogP contribution >= 0.6 is 0 Å². The number of aromatic nitrogens is 3. The number of para-hydroxylation sites is 1. The third kappa shape index (κ3) is 12.1. The second-order valence-corrected chi connectivity index (χ2v) is 11.3. The van der Waals surface area contributed by atoms with Gasteiger partial charge in [0.1, 0.15) is 24.6 Å². The Morgan fingerprint density at radius 1 is 0.878 bits per heavy atom. The van der Waals surface area contributed by atoms with Crippen molar-refractivity contribution in [3.63, 3.8) is 0 Å². The van der Waals surface area contributed by atoms with E-state index in [0.717, 1.165) is 58.2 Å². The van der Waals surface area contributed by atoms with Crippen molar-refractivity contribution >= 4 is 40.1 Å². The van der Waals surface area contributed by atoms with E-state index in [1.807, 2.05) is 30.3 Å². The van der Waals surface area contributed by atoms with Crippen LogP contribution < -0.4 is 16.4 Å². The van der Waals surface area contributed by atoms with Crippen molar-refractivity contribution in [3.05, 3.63) is 77.8 Å². The zero-order valence-electron chi connectivity index (χ0n) is 28.3. The summed E-state index contributed by atoms with van der Waals surface area (Å²) < 4.78 is 28.4. The molecule has 0 saturated heterocycles. The van der Waals surface area contributed by atoms with Gasteiger partial charge in [0.2, 0.25) is 5.91 Å². The summed E-state index contributed by atoms with van der Waals surface area (Å²) >= 11 is 0. The van der Waals surface area contributed by atoms with E-state index in [9.17, 15) is 9.59 Å². The molecule has 0 aliphatic rings. The number of hydrogen-bond donors (Lipinski definition) is 3. The molecule has 13 heteroatoms. The third-order valence-electron chi connectivity index (χ3n) is 7.59. The van der Waals surface area contributed by atoms with Gasteiger partial charge in [-0.15, -0.1) is 0 Å². The number of carbonyl (C=O) groups excluding carboxylic acids is 2. The van der Waals surface area contributed by atoms with Gasteiger partial charge in [-0.2, -0.15) is 0 Å². The van der Waals surface area contributed by atoms with Crippen LogP contribution in [0.1, 0.15) is 36.7 Å². The minimum atomic E-state index is -0.205. The molecular weight excluding hydrogens is 628 g/mol. The van der Waals surface area contributed by atoms with Crippen LogP contribution in [0.15, 0.2) is 60.8 Å². The van der Waals surface area contributed by atoms with Gasteiger partial charge in [0, 0.05) is 37.1 Å². The molecular formula is C36H48N6O7. The smallest absolute Gasteiger partial charge is 0.293 e. The highest BCUT2D eigenvalue weighted by molar-refractivity contribution is 6.06. The Hall–Kier alpha value is -4.56. The number of nitrogens with one attached hydrogen (secondary N) is 2. The van der Waals surface area contributed by atoms with Crippen molar-refractivity contribution in [1.82, 2.24) is 25.2 Å². The average molecular weight is 677 g/mol. The van der Waals surface area contributed by atoms with E-state index in [0.29, 0.717) is 77.3 Å². The zero-order chi connectivity index (χ0) is 34.7. The molecule has 4 N–H and O–H groups in total. The number of amides is 1. The van der Waals surface area contributed by atoms with Crippen LogP contribution in [0.4, 0.5) is 5.82 Å². The van der Waals surface area contributed by atoms with E-state index >= 15 is 0 Å². The SMILES string of the molecule is C=C(COCC(=O)NCc1ccc(Cn2c(CCCC)nc3c(N)nc4ccccc4c32)cc1)NCCOCCOCCOCCOC=O. The summed E-state index contributed by atoms with van der Waals surface area (Å²) in [4.78, 5) is 31.9. The fourth-order valence-electron chi connectivity index (χ4n) is 5.11. The van der Waals surface area contributed by atoms with Gasteiger partial charge in [-0.05, 0) is 23.6 Å². The number of pyridine rings is 1. The van der Waals surface area contributed by atoms with E-state index < -0.39 is 0 Å². The van der Waals surface area contributed by atoms with E-state index in [1.165, 1.54) is 0 Å². The number of fused-ring (bicyclic) bond motifs is 3. The fraction of sp³-hybridized carbons (Fsp3) is 0.444. The molecule has 264 valence electrons. The molecule has 2 aromatic heterocycles. The first kappa shape index (κ1) is 37.3. The van der Waals surface area contributed by atoms with Crippen molar-refractivity contribution in [2.45, 2.75) is 39.3 Å². The standard InChI is InChI=1S/C36H48N6O7/c1-3-4-9-32-41-34-35(30-7-5-6-8-31(30)40-36(34)37)42(32)23-29-12-10-28(11-13-29)22-39-33(44)25-49-24-27(2)38-14-15-45-16-17-46-18-19-47-20-21-48-26-43/h5-8,10-13,26,38H,2-4,9,14-25H2,1H3,(H2,37,40)(H,39,44). The lowest BCUT2D eigenvalue weighted by Gasteiger charge is -2.12. The maximum Gasteiger partial charge on any atom is 0.293 e. The van der Waals surface area contributed by atoms with Gasteiger partial charge in [0.05, 0.1) is 57.3 Å². The molecule has 49 heavy (non-hydrogen) atoms. The largest absolute Gasteiger partial charge is 0.465 e. The molecule has 0 aliphatic carbocycles. The molecule has 0 spiro atoms. The average Bonchev–Trinajstić information content (AvgIpc) is 3.47. The minimum Gasteiger partial charge on any atom is -0.465 e. The number of aryl methyl sites for hydroxylation is 1. The summed E-state index contributed by atoms with van der Waals surface area (Å²) in [6.45, 7) is 11.1.